The third-order valence-electron chi connectivity index (χ3n) is 7.17. The first kappa shape index (κ1) is 33.5. The Labute approximate surface area is 206 Å². The molecule has 0 radical (unpaired) electrons. The number of hydrogen-bond donors (Lipinski definition) is 0. The Morgan fingerprint density at radius 2 is 1.14 bits per heavy atom. The van der Waals surface area contributed by atoms with Gasteiger partial charge < -0.3 is 9.47 Å². The first-order valence-electron chi connectivity index (χ1n) is 11.4. The van der Waals surface area contributed by atoms with Crippen LogP contribution in [0.5, 0.6) is 0 Å². The van der Waals surface area contributed by atoms with E-state index in [0.717, 1.165) is 20.8 Å². The fraction of sp³-hybridized carbons (Fsp3) is 0.955. The zero-order valence-corrected chi connectivity index (χ0v) is 21.0. The molecular weight excluding hydrogens is 540 g/mol. The van der Waals surface area contributed by atoms with E-state index >= 15 is 4.39 Å². The van der Waals surface area contributed by atoms with Gasteiger partial charge in [0.1, 0.15) is 5.60 Å². The van der Waals surface area contributed by atoms with Crippen molar-refractivity contribution in [1.82, 2.24) is 0 Å². The SMILES string of the molecule is CC(C)(C)OC(=O)OC(C(F)(F)F)(C(F)(F)F)C1(F)C2CCC(C2)C1(F)F.CCC(C)(CC)C(F)(F)F. The standard InChI is InChI=1S/C15H17F9O3.C7H13F3/c1-10(2,3)26-9(25)27-13(14(19,20)21,15(22,23)24)11(16)7-4-5-8(6-7)12(11,17)18;1-4-6(3,5-2)7(8,9)10/h7-8H,4-6H2,1-3H3;4-5H2,1-3H3. The number of carbonyl (C=O) groups excluding carboxylic acids is 1. The molecule has 0 amide bonds. The van der Waals surface area contributed by atoms with Crippen LogP contribution < -0.4 is 0 Å². The van der Waals surface area contributed by atoms with Gasteiger partial charge in [-0.25, -0.2) is 18.0 Å². The molecule has 37 heavy (non-hydrogen) atoms. The monoisotopic (exact) mass is 570 g/mol. The molecule has 3 nitrogen and oxygen atoms in total. The lowest BCUT2D eigenvalue weighted by Gasteiger charge is -2.49. The van der Waals surface area contributed by atoms with Gasteiger partial charge in [-0.1, -0.05) is 20.8 Å². The van der Waals surface area contributed by atoms with Crippen molar-refractivity contribution in [3.8, 4) is 0 Å². The molecule has 2 bridgehead atoms. The van der Waals surface area contributed by atoms with E-state index in [9.17, 15) is 53.1 Å². The van der Waals surface area contributed by atoms with Crippen LogP contribution in [0.4, 0.5) is 57.5 Å². The van der Waals surface area contributed by atoms with Gasteiger partial charge >= 0.3 is 30.3 Å². The third-order valence-corrected chi connectivity index (χ3v) is 7.17. The maximum Gasteiger partial charge on any atom is 0.510 e. The number of fused-ring (bicyclic) bond motifs is 2. The quantitative estimate of drug-likeness (QED) is 0.250. The largest absolute Gasteiger partial charge is 0.510 e. The summed E-state index contributed by atoms with van der Waals surface area (Å²) in [5.74, 6) is -9.31. The number of hydrogen-bond acceptors (Lipinski definition) is 3. The summed E-state index contributed by atoms with van der Waals surface area (Å²) >= 11 is 0. The van der Waals surface area contributed by atoms with Crippen molar-refractivity contribution in [1.29, 1.82) is 0 Å². The summed E-state index contributed by atoms with van der Waals surface area (Å²) in [6.07, 6.45) is -21.6. The van der Waals surface area contributed by atoms with Gasteiger partial charge in [0.2, 0.25) is 5.67 Å². The highest BCUT2D eigenvalue weighted by Gasteiger charge is 2.94. The molecule has 15 heteroatoms. The van der Waals surface area contributed by atoms with E-state index in [0.29, 0.717) is 0 Å². The molecule has 2 aliphatic rings. The second-order valence-corrected chi connectivity index (χ2v) is 10.6. The molecule has 3 atom stereocenters. The molecule has 0 aliphatic heterocycles. The average Bonchev–Trinajstić information content (AvgIpc) is 3.23. The zero-order valence-electron chi connectivity index (χ0n) is 21.0. The van der Waals surface area contributed by atoms with E-state index in [2.05, 4.69) is 9.47 Å². The van der Waals surface area contributed by atoms with E-state index in [1.807, 2.05) is 0 Å². The van der Waals surface area contributed by atoms with E-state index in [-0.39, 0.29) is 12.8 Å². The van der Waals surface area contributed by atoms with Crippen LogP contribution >= 0.6 is 0 Å². The fourth-order valence-electron chi connectivity index (χ4n) is 4.57. The zero-order chi connectivity index (χ0) is 29.7. The summed E-state index contributed by atoms with van der Waals surface area (Å²) in [5.41, 5.74) is -14.4. The first-order valence-corrected chi connectivity index (χ1v) is 11.4. The van der Waals surface area contributed by atoms with Crippen molar-refractivity contribution in [3.63, 3.8) is 0 Å². The topological polar surface area (TPSA) is 35.5 Å². The molecule has 2 fully saturated rings. The van der Waals surface area contributed by atoms with Gasteiger partial charge in [0, 0.05) is 11.8 Å². The summed E-state index contributed by atoms with van der Waals surface area (Å²) in [6.45, 7) is 7.67. The van der Waals surface area contributed by atoms with Crippen molar-refractivity contribution < 1.29 is 67.0 Å². The van der Waals surface area contributed by atoms with Gasteiger partial charge in [0.05, 0.1) is 5.41 Å². The molecule has 0 aromatic rings. The molecule has 0 spiro atoms. The molecule has 0 N–H and O–H groups in total. The second-order valence-electron chi connectivity index (χ2n) is 10.6. The minimum atomic E-state index is -6.72. The maximum absolute atomic E-state index is 15.4. The predicted molar refractivity (Wildman–Crippen MR) is 107 cm³/mol. The number of ether oxygens (including phenoxy) is 2. The maximum atomic E-state index is 15.4. The molecule has 3 unspecified atom stereocenters. The third kappa shape index (κ3) is 5.60. The summed E-state index contributed by atoms with van der Waals surface area (Å²) in [7, 11) is 0. The highest BCUT2D eigenvalue weighted by atomic mass is 19.4. The van der Waals surface area contributed by atoms with Crippen molar-refractivity contribution in [2.75, 3.05) is 0 Å². The van der Waals surface area contributed by atoms with Gasteiger partial charge in [-0.3, -0.25) is 0 Å². The molecule has 0 heterocycles. The van der Waals surface area contributed by atoms with Crippen LogP contribution in [0, 0.1) is 17.3 Å². The van der Waals surface area contributed by atoms with Gasteiger partial charge in [-0.15, -0.1) is 0 Å². The molecule has 0 aromatic heterocycles. The molecule has 220 valence electrons. The molecular formula is C22H30F12O3. The van der Waals surface area contributed by atoms with Crippen molar-refractivity contribution in [2.45, 2.75) is 115 Å². The van der Waals surface area contributed by atoms with E-state index in [1.165, 1.54) is 6.92 Å². The highest BCUT2D eigenvalue weighted by Crippen LogP contribution is 2.70. The smallest absolute Gasteiger partial charge is 0.429 e. The van der Waals surface area contributed by atoms with Crippen LogP contribution in [0.15, 0.2) is 0 Å². The Balaban J connectivity index is 0.000000580. The second kappa shape index (κ2) is 9.87. The lowest BCUT2D eigenvalue weighted by atomic mass is 9.69. The Kier molecular flexibility index (Phi) is 8.93. The summed E-state index contributed by atoms with van der Waals surface area (Å²) in [6, 6.07) is 0. The van der Waals surface area contributed by atoms with Crippen molar-refractivity contribution >= 4 is 6.16 Å². The lowest BCUT2D eigenvalue weighted by molar-refractivity contribution is -0.430. The van der Waals surface area contributed by atoms with Gasteiger partial charge in [-0.05, 0) is 52.9 Å². The normalized spacial score (nSPS) is 26.4. The van der Waals surface area contributed by atoms with Gasteiger partial charge in [-0.2, -0.15) is 39.5 Å². The molecule has 0 aromatic carbocycles. The predicted octanol–water partition coefficient (Wildman–Crippen LogP) is 8.95. The fourth-order valence-corrected chi connectivity index (χ4v) is 4.57. The number of rotatable bonds is 4. The minimum Gasteiger partial charge on any atom is -0.429 e. The Hall–Kier alpha value is -1.57. The first-order chi connectivity index (χ1) is 16.2. The van der Waals surface area contributed by atoms with Crippen LogP contribution in [0.3, 0.4) is 0 Å². The number of alkyl halides is 12. The Morgan fingerprint density at radius 1 is 0.730 bits per heavy atom. The summed E-state index contributed by atoms with van der Waals surface area (Å²) < 4.78 is 170. The molecule has 0 saturated heterocycles. The van der Waals surface area contributed by atoms with E-state index < -0.39 is 84.0 Å². The minimum absolute atomic E-state index is 0.160. The highest BCUT2D eigenvalue weighted by molar-refractivity contribution is 5.62. The Bertz CT molecular complexity index is 792. The van der Waals surface area contributed by atoms with Crippen LogP contribution in [0.1, 0.15) is 73.6 Å². The van der Waals surface area contributed by atoms with E-state index in [4.69, 9.17) is 0 Å². The molecule has 2 saturated carbocycles. The molecule has 2 rings (SSSR count). The van der Waals surface area contributed by atoms with Crippen molar-refractivity contribution in [2.24, 2.45) is 17.3 Å². The van der Waals surface area contributed by atoms with Gasteiger partial charge in [0.25, 0.3) is 5.92 Å². The van der Waals surface area contributed by atoms with Crippen molar-refractivity contribution in [3.05, 3.63) is 0 Å². The van der Waals surface area contributed by atoms with Crippen LogP contribution in [0.25, 0.3) is 0 Å². The van der Waals surface area contributed by atoms with E-state index in [1.54, 1.807) is 13.8 Å². The lowest BCUT2D eigenvalue weighted by Crippen LogP contribution is -2.77. The van der Waals surface area contributed by atoms with Gasteiger partial charge in [0.15, 0.2) is 0 Å². The van der Waals surface area contributed by atoms with Crippen LogP contribution in [-0.2, 0) is 9.47 Å². The average molecular weight is 570 g/mol. The number of halogens is 12. The summed E-state index contributed by atoms with van der Waals surface area (Å²) in [5, 5.41) is 0. The number of carbonyl (C=O) groups is 1. The Morgan fingerprint density at radius 3 is 1.38 bits per heavy atom. The van der Waals surface area contributed by atoms with Crippen LogP contribution in [0.2, 0.25) is 0 Å². The molecule has 2 aliphatic carbocycles. The van der Waals surface area contributed by atoms with Crippen LogP contribution in [-0.4, -0.2) is 47.5 Å². The summed E-state index contributed by atoms with van der Waals surface area (Å²) in [4.78, 5) is 11.6.